The molecule has 2 rings (SSSR count). The molecule has 1 aromatic heterocycles. The largest absolute Gasteiger partial charge is 0.352 e. The Kier molecular flexibility index (Phi) is 3.29. The molecular formula is C11H14ClN3O. The van der Waals surface area contributed by atoms with Gasteiger partial charge in [0.15, 0.2) is 0 Å². The SMILES string of the molecule is Cc1cnc(N2CCN(C=O)CC2)c(Cl)c1. The third-order valence-electron chi connectivity index (χ3n) is 2.72. The van der Waals surface area contributed by atoms with Crippen molar-refractivity contribution in [3.8, 4) is 0 Å². The highest BCUT2D eigenvalue weighted by atomic mass is 35.5. The van der Waals surface area contributed by atoms with Crippen molar-refractivity contribution in [2.24, 2.45) is 0 Å². The highest BCUT2D eigenvalue weighted by molar-refractivity contribution is 6.33. The molecule has 0 N–H and O–H groups in total. The summed E-state index contributed by atoms with van der Waals surface area (Å²) >= 11 is 6.15. The van der Waals surface area contributed by atoms with Crippen LogP contribution in [0.15, 0.2) is 12.3 Å². The molecular weight excluding hydrogens is 226 g/mol. The van der Waals surface area contributed by atoms with Gasteiger partial charge in [0.25, 0.3) is 0 Å². The van der Waals surface area contributed by atoms with Gasteiger partial charge < -0.3 is 9.80 Å². The Labute approximate surface area is 99.8 Å². The van der Waals surface area contributed by atoms with Gasteiger partial charge in [0, 0.05) is 32.4 Å². The number of carbonyl (C=O) groups excluding carboxylic acids is 1. The maximum atomic E-state index is 10.6. The van der Waals surface area contributed by atoms with Gasteiger partial charge in [0.2, 0.25) is 6.41 Å². The molecule has 4 nitrogen and oxygen atoms in total. The lowest BCUT2D eigenvalue weighted by molar-refractivity contribution is -0.118. The Bertz CT molecular complexity index is 389. The second-order valence-corrected chi connectivity index (χ2v) is 4.35. The molecule has 2 heterocycles. The standard InChI is InChI=1S/C11H14ClN3O/c1-9-6-10(12)11(13-7-9)15-4-2-14(8-16)3-5-15/h6-8H,2-5H2,1H3. The fraction of sp³-hybridized carbons (Fsp3) is 0.455. The van der Waals surface area contributed by atoms with Crippen molar-refractivity contribution in [1.82, 2.24) is 9.88 Å². The molecule has 0 atom stereocenters. The van der Waals surface area contributed by atoms with Gasteiger partial charge in [0.1, 0.15) is 5.82 Å². The highest BCUT2D eigenvalue weighted by Crippen LogP contribution is 2.24. The Morgan fingerprint density at radius 2 is 2.06 bits per heavy atom. The monoisotopic (exact) mass is 239 g/mol. The van der Waals surface area contributed by atoms with Crippen molar-refractivity contribution >= 4 is 23.8 Å². The van der Waals surface area contributed by atoms with Gasteiger partial charge in [-0.1, -0.05) is 11.6 Å². The minimum absolute atomic E-state index is 0.680. The van der Waals surface area contributed by atoms with Crippen LogP contribution < -0.4 is 4.90 Å². The molecule has 0 spiro atoms. The van der Waals surface area contributed by atoms with Gasteiger partial charge in [-0.15, -0.1) is 0 Å². The Balaban J connectivity index is 2.11. The Morgan fingerprint density at radius 3 is 2.62 bits per heavy atom. The van der Waals surface area contributed by atoms with Crippen molar-refractivity contribution in [2.45, 2.75) is 6.92 Å². The zero-order valence-electron chi connectivity index (χ0n) is 9.19. The smallest absolute Gasteiger partial charge is 0.209 e. The molecule has 0 saturated carbocycles. The van der Waals surface area contributed by atoms with Crippen LogP contribution in [-0.4, -0.2) is 42.5 Å². The van der Waals surface area contributed by atoms with E-state index < -0.39 is 0 Å². The highest BCUT2D eigenvalue weighted by Gasteiger charge is 2.18. The maximum Gasteiger partial charge on any atom is 0.209 e. The van der Waals surface area contributed by atoms with E-state index in [4.69, 9.17) is 11.6 Å². The van der Waals surface area contributed by atoms with Gasteiger partial charge in [-0.3, -0.25) is 4.79 Å². The summed E-state index contributed by atoms with van der Waals surface area (Å²) in [5, 5.41) is 0.680. The molecule has 1 saturated heterocycles. The van der Waals surface area contributed by atoms with Gasteiger partial charge in [-0.05, 0) is 18.6 Å². The van der Waals surface area contributed by atoms with Gasteiger partial charge in [-0.25, -0.2) is 4.98 Å². The third-order valence-corrected chi connectivity index (χ3v) is 3.00. The second kappa shape index (κ2) is 4.70. The number of rotatable bonds is 2. The van der Waals surface area contributed by atoms with E-state index in [0.717, 1.165) is 44.0 Å². The lowest BCUT2D eigenvalue weighted by Gasteiger charge is -2.33. The first kappa shape index (κ1) is 11.2. The first-order valence-electron chi connectivity index (χ1n) is 5.27. The van der Waals surface area contributed by atoms with Crippen LogP contribution in [0.5, 0.6) is 0 Å². The van der Waals surface area contributed by atoms with Crippen molar-refractivity contribution < 1.29 is 4.79 Å². The number of amides is 1. The van der Waals surface area contributed by atoms with Gasteiger partial charge >= 0.3 is 0 Å². The average molecular weight is 240 g/mol. The number of aryl methyl sites for hydroxylation is 1. The summed E-state index contributed by atoms with van der Waals surface area (Å²) in [6.07, 6.45) is 2.70. The summed E-state index contributed by atoms with van der Waals surface area (Å²) in [5.74, 6) is 0.817. The molecule has 86 valence electrons. The lowest BCUT2D eigenvalue weighted by atomic mass is 10.3. The number of hydrogen-bond acceptors (Lipinski definition) is 3. The predicted octanol–water partition coefficient (Wildman–Crippen LogP) is 1.32. The molecule has 0 aromatic carbocycles. The predicted molar refractivity (Wildman–Crippen MR) is 63.8 cm³/mol. The van der Waals surface area contributed by atoms with Crippen molar-refractivity contribution in [2.75, 3.05) is 31.1 Å². The first-order valence-corrected chi connectivity index (χ1v) is 5.65. The molecule has 0 radical (unpaired) electrons. The van der Waals surface area contributed by atoms with E-state index in [1.165, 1.54) is 0 Å². The van der Waals surface area contributed by atoms with Crippen LogP contribution in [0.4, 0.5) is 5.82 Å². The number of hydrogen-bond donors (Lipinski definition) is 0. The second-order valence-electron chi connectivity index (χ2n) is 3.95. The molecule has 1 amide bonds. The number of nitrogens with zero attached hydrogens (tertiary/aromatic N) is 3. The normalized spacial score (nSPS) is 16.4. The van der Waals surface area contributed by atoms with Crippen molar-refractivity contribution in [3.63, 3.8) is 0 Å². The number of halogens is 1. The molecule has 1 aliphatic heterocycles. The van der Waals surface area contributed by atoms with E-state index in [2.05, 4.69) is 9.88 Å². The maximum absolute atomic E-state index is 10.6. The molecule has 0 unspecified atom stereocenters. The zero-order chi connectivity index (χ0) is 11.5. The summed E-state index contributed by atoms with van der Waals surface area (Å²) in [4.78, 5) is 18.8. The number of carbonyl (C=O) groups is 1. The molecule has 16 heavy (non-hydrogen) atoms. The summed E-state index contributed by atoms with van der Waals surface area (Å²) in [6, 6.07) is 1.91. The molecule has 0 bridgehead atoms. The van der Waals surface area contributed by atoms with Crippen LogP contribution in [0.3, 0.4) is 0 Å². The average Bonchev–Trinajstić information content (AvgIpc) is 2.29. The van der Waals surface area contributed by atoms with Crippen LogP contribution in [-0.2, 0) is 4.79 Å². The minimum Gasteiger partial charge on any atom is -0.352 e. The van der Waals surface area contributed by atoms with Crippen LogP contribution in [0.1, 0.15) is 5.56 Å². The van der Waals surface area contributed by atoms with E-state index in [-0.39, 0.29) is 0 Å². The van der Waals surface area contributed by atoms with E-state index in [0.29, 0.717) is 5.02 Å². The molecule has 1 fully saturated rings. The summed E-state index contributed by atoms with van der Waals surface area (Å²) in [6.45, 7) is 5.00. The Hall–Kier alpha value is -1.29. The molecule has 1 aromatic rings. The fourth-order valence-corrected chi connectivity index (χ4v) is 2.14. The number of piperazine rings is 1. The number of anilines is 1. The fourth-order valence-electron chi connectivity index (χ4n) is 1.80. The molecule has 5 heteroatoms. The van der Waals surface area contributed by atoms with Gasteiger partial charge in [-0.2, -0.15) is 0 Å². The number of aromatic nitrogens is 1. The third kappa shape index (κ3) is 2.27. The minimum atomic E-state index is 0.680. The Morgan fingerprint density at radius 1 is 1.38 bits per heavy atom. The topological polar surface area (TPSA) is 36.4 Å². The zero-order valence-corrected chi connectivity index (χ0v) is 9.94. The van der Waals surface area contributed by atoms with E-state index >= 15 is 0 Å². The first-order chi connectivity index (χ1) is 7.70. The van der Waals surface area contributed by atoms with Crippen molar-refractivity contribution in [1.29, 1.82) is 0 Å². The summed E-state index contributed by atoms with van der Waals surface area (Å²) in [5.41, 5.74) is 1.06. The lowest BCUT2D eigenvalue weighted by Crippen LogP contribution is -2.46. The summed E-state index contributed by atoms with van der Waals surface area (Å²) in [7, 11) is 0. The van der Waals surface area contributed by atoms with Gasteiger partial charge in [0.05, 0.1) is 5.02 Å². The van der Waals surface area contributed by atoms with E-state index in [1.54, 1.807) is 4.90 Å². The van der Waals surface area contributed by atoms with E-state index in [9.17, 15) is 4.79 Å². The van der Waals surface area contributed by atoms with Crippen LogP contribution in [0.2, 0.25) is 5.02 Å². The quantitative estimate of drug-likeness (QED) is 0.731. The van der Waals surface area contributed by atoms with E-state index in [1.807, 2.05) is 19.2 Å². The summed E-state index contributed by atoms with van der Waals surface area (Å²) < 4.78 is 0. The van der Waals surface area contributed by atoms with Crippen molar-refractivity contribution in [3.05, 3.63) is 22.8 Å². The molecule has 0 aliphatic carbocycles. The van der Waals surface area contributed by atoms with Crippen LogP contribution >= 0.6 is 11.6 Å². The van der Waals surface area contributed by atoms with Crippen LogP contribution in [0, 0.1) is 6.92 Å². The molecule has 1 aliphatic rings. The number of pyridine rings is 1. The van der Waals surface area contributed by atoms with Crippen LogP contribution in [0.25, 0.3) is 0 Å².